The predicted octanol–water partition coefficient (Wildman–Crippen LogP) is 4.68. The Kier molecular flexibility index (Phi) is 6.32. The van der Waals surface area contributed by atoms with Crippen LogP contribution in [0, 0.1) is 18.3 Å². The molecule has 33 heavy (non-hydrogen) atoms. The van der Waals surface area contributed by atoms with Crippen molar-refractivity contribution in [1.29, 1.82) is 5.26 Å². The fraction of sp³-hybridized carbons (Fsp3) is 0.208. The summed E-state index contributed by atoms with van der Waals surface area (Å²) in [5.41, 5.74) is 1.81. The van der Waals surface area contributed by atoms with E-state index in [-0.39, 0.29) is 32.6 Å². The Bertz CT molecular complexity index is 1600. The summed E-state index contributed by atoms with van der Waals surface area (Å²) in [6, 6.07) is 11.6. The molecule has 0 saturated carbocycles. The van der Waals surface area contributed by atoms with Crippen LogP contribution in [0.25, 0.3) is 16.7 Å². The summed E-state index contributed by atoms with van der Waals surface area (Å²) in [5.74, 6) is -0.619. The summed E-state index contributed by atoms with van der Waals surface area (Å²) in [5, 5.41) is 10.7. The molecule has 0 radical (unpaired) electrons. The maximum Gasteiger partial charge on any atom is 0.280 e. The molecular formula is C24H19Cl2N5O2. The van der Waals surface area contributed by atoms with Gasteiger partial charge in [0.1, 0.15) is 17.4 Å². The molecule has 9 heteroatoms. The van der Waals surface area contributed by atoms with Gasteiger partial charge < -0.3 is 4.57 Å². The number of fused-ring (bicyclic) bond motifs is 2. The Morgan fingerprint density at radius 3 is 2.70 bits per heavy atom. The van der Waals surface area contributed by atoms with E-state index in [1.54, 1.807) is 22.9 Å². The number of aromatic nitrogens is 3. The lowest BCUT2D eigenvalue weighted by molar-refractivity contribution is 0.0997. The van der Waals surface area contributed by atoms with Gasteiger partial charge in [0.15, 0.2) is 5.49 Å². The fourth-order valence-electron chi connectivity index (χ4n) is 3.64. The average molecular weight is 480 g/mol. The molecule has 166 valence electrons. The Hall–Kier alpha value is -3.47. The van der Waals surface area contributed by atoms with Crippen molar-refractivity contribution in [2.24, 2.45) is 4.99 Å². The molecule has 0 spiro atoms. The molecule has 4 rings (SSSR count). The molecule has 7 nitrogen and oxygen atoms in total. The zero-order valence-electron chi connectivity index (χ0n) is 18.0. The first-order valence-electron chi connectivity index (χ1n) is 10.4. The van der Waals surface area contributed by atoms with Crippen LogP contribution < -0.4 is 11.0 Å². The third kappa shape index (κ3) is 4.15. The number of rotatable bonds is 4. The van der Waals surface area contributed by atoms with Crippen molar-refractivity contribution >= 4 is 45.8 Å². The molecule has 3 heterocycles. The maximum absolute atomic E-state index is 13.2. The van der Waals surface area contributed by atoms with Crippen molar-refractivity contribution in [3.05, 3.63) is 85.2 Å². The normalized spacial score (nSPS) is 11.8. The first-order chi connectivity index (χ1) is 15.8. The molecule has 0 aliphatic carbocycles. The van der Waals surface area contributed by atoms with Crippen LogP contribution in [0.1, 0.15) is 41.3 Å². The molecule has 0 N–H and O–H groups in total. The van der Waals surface area contributed by atoms with E-state index in [9.17, 15) is 14.9 Å². The molecular weight excluding hydrogens is 461 g/mol. The van der Waals surface area contributed by atoms with Gasteiger partial charge >= 0.3 is 0 Å². The second-order valence-corrected chi connectivity index (χ2v) is 8.42. The number of carbonyl (C=O) groups is 1. The van der Waals surface area contributed by atoms with E-state index >= 15 is 0 Å². The monoisotopic (exact) mass is 479 g/mol. The molecule has 0 fully saturated rings. The maximum atomic E-state index is 13.2. The minimum atomic E-state index is -0.619. The number of halogens is 2. The van der Waals surface area contributed by atoms with Crippen molar-refractivity contribution in [3.63, 3.8) is 0 Å². The van der Waals surface area contributed by atoms with Gasteiger partial charge in [-0.2, -0.15) is 10.3 Å². The van der Waals surface area contributed by atoms with Crippen molar-refractivity contribution in [1.82, 2.24) is 14.0 Å². The highest BCUT2D eigenvalue weighted by molar-refractivity contribution is 6.36. The molecule has 0 atom stereocenters. The van der Waals surface area contributed by atoms with Crippen molar-refractivity contribution in [3.8, 4) is 6.07 Å². The Morgan fingerprint density at radius 2 is 2.00 bits per heavy atom. The van der Waals surface area contributed by atoms with Gasteiger partial charge in [-0.1, -0.05) is 42.6 Å². The van der Waals surface area contributed by atoms with Crippen molar-refractivity contribution in [2.45, 2.75) is 33.2 Å². The second-order valence-electron chi connectivity index (χ2n) is 7.58. The summed E-state index contributed by atoms with van der Waals surface area (Å²) in [6.07, 6.45) is 3.24. The number of aryl methyl sites for hydroxylation is 2. The molecule has 0 aliphatic heterocycles. The minimum absolute atomic E-state index is 0.101. The molecule has 4 aromatic rings. The molecule has 3 aromatic heterocycles. The summed E-state index contributed by atoms with van der Waals surface area (Å²) in [6.45, 7) is 4.32. The number of benzene rings is 1. The molecule has 1 amide bonds. The number of amides is 1. The van der Waals surface area contributed by atoms with Gasteiger partial charge in [-0.25, -0.2) is 4.98 Å². The van der Waals surface area contributed by atoms with E-state index in [4.69, 9.17) is 28.2 Å². The topological polar surface area (TPSA) is 92.5 Å². The van der Waals surface area contributed by atoms with Crippen LogP contribution in [0.4, 0.5) is 0 Å². The smallest absolute Gasteiger partial charge is 0.280 e. The lowest BCUT2D eigenvalue weighted by Gasteiger charge is -2.14. The van der Waals surface area contributed by atoms with E-state index in [0.29, 0.717) is 22.9 Å². The van der Waals surface area contributed by atoms with Gasteiger partial charge in [0.2, 0.25) is 0 Å². The fourth-order valence-corrected chi connectivity index (χ4v) is 4.13. The third-order valence-electron chi connectivity index (χ3n) is 5.33. The number of nitriles is 1. The highest BCUT2D eigenvalue weighted by Gasteiger charge is 2.17. The number of carbonyl (C=O) groups excluding carboxylic acids is 1. The first-order valence-corrected chi connectivity index (χ1v) is 11.1. The SMILES string of the molecule is CCCCn1c(=NC(=O)c2ccc(Cl)cc2Cl)c(C#N)cc2c(=O)n3cccc(C)c3nc21. The molecule has 0 bridgehead atoms. The minimum Gasteiger partial charge on any atom is -0.309 e. The van der Waals surface area contributed by atoms with Crippen LogP contribution in [0.15, 0.2) is 52.4 Å². The second kappa shape index (κ2) is 9.18. The van der Waals surface area contributed by atoms with Gasteiger partial charge in [0, 0.05) is 17.8 Å². The Labute approximate surface area is 199 Å². The quantitative estimate of drug-likeness (QED) is 0.397. The zero-order valence-corrected chi connectivity index (χ0v) is 19.5. The van der Waals surface area contributed by atoms with Crippen LogP contribution in [0.3, 0.4) is 0 Å². The van der Waals surface area contributed by atoms with Crippen molar-refractivity contribution < 1.29 is 4.79 Å². The lowest BCUT2D eigenvalue weighted by Crippen LogP contribution is -2.29. The largest absolute Gasteiger partial charge is 0.309 e. The highest BCUT2D eigenvalue weighted by atomic mass is 35.5. The van der Waals surface area contributed by atoms with Crippen LogP contribution in [-0.2, 0) is 6.54 Å². The van der Waals surface area contributed by atoms with Gasteiger partial charge in [0.25, 0.3) is 11.5 Å². The van der Waals surface area contributed by atoms with Crippen LogP contribution in [-0.4, -0.2) is 19.9 Å². The third-order valence-corrected chi connectivity index (χ3v) is 5.88. The molecule has 0 unspecified atom stereocenters. The number of unbranched alkanes of at least 4 members (excludes halogenated alkanes) is 1. The predicted molar refractivity (Wildman–Crippen MR) is 128 cm³/mol. The standard InChI is InChI=1S/C24H19Cl2N5O2/c1-3-4-9-30-21(29-23(32)17-8-7-16(25)12-19(17)26)15(13-27)11-18-22(30)28-20-14(2)6-5-10-31(20)24(18)33/h5-8,10-12H,3-4,9H2,1-2H3. The van der Waals surface area contributed by atoms with Gasteiger partial charge in [0.05, 0.1) is 21.5 Å². The van der Waals surface area contributed by atoms with E-state index in [1.165, 1.54) is 22.6 Å². The Morgan fingerprint density at radius 1 is 1.21 bits per heavy atom. The van der Waals surface area contributed by atoms with Gasteiger partial charge in [-0.3, -0.25) is 14.0 Å². The van der Waals surface area contributed by atoms with Gasteiger partial charge in [-0.05, 0) is 49.2 Å². The van der Waals surface area contributed by atoms with E-state index in [2.05, 4.69) is 11.1 Å². The summed E-state index contributed by atoms with van der Waals surface area (Å²) < 4.78 is 3.13. The lowest BCUT2D eigenvalue weighted by atomic mass is 10.2. The summed E-state index contributed by atoms with van der Waals surface area (Å²) in [4.78, 5) is 35.2. The number of pyridine rings is 2. The van der Waals surface area contributed by atoms with E-state index < -0.39 is 5.91 Å². The molecule has 0 aliphatic rings. The average Bonchev–Trinajstić information content (AvgIpc) is 2.79. The summed E-state index contributed by atoms with van der Waals surface area (Å²) in [7, 11) is 0. The first kappa shape index (κ1) is 22.7. The van der Waals surface area contributed by atoms with Crippen LogP contribution in [0.5, 0.6) is 0 Å². The number of nitrogens with zero attached hydrogens (tertiary/aromatic N) is 5. The number of hydrogen-bond acceptors (Lipinski definition) is 4. The highest BCUT2D eigenvalue weighted by Crippen LogP contribution is 2.21. The van der Waals surface area contributed by atoms with E-state index in [1.807, 2.05) is 19.9 Å². The van der Waals surface area contributed by atoms with Crippen LogP contribution >= 0.6 is 23.2 Å². The molecule has 1 aromatic carbocycles. The Balaban J connectivity index is 2.10. The van der Waals surface area contributed by atoms with E-state index in [0.717, 1.165) is 18.4 Å². The summed E-state index contributed by atoms with van der Waals surface area (Å²) >= 11 is 12.1. The zero-order chi connectivity index (χ0) is 23.7. The van der Waals surface area contributed by atoms with Gasteiger partial charge in [-0.15, -0.1) is 0 Å². The molecule has 0 saturated heterocycles. The van der Waals surface area contributed by atoms with Crippen molar-refractivity contribution in [2.75, 3.05) is 0 Å². The van der Waals surface area contributed by atoms with Crippen LogP contribution in [0.2, 0.25) is 10.0 Å². The number of hydrogen-bond donors (Lipinski definition) is 0.